The van der Waals surface area contributed by atoms with Crippen LogP contribution in [0.5, 0.6) is 11.5 Å². The molecule has 0 radical (unpaired) electrons. The van der Waals surface area contributed by atoms with Crippen molar-refractivity contribution in [3.05, 3.63) is 78.5 Å². The Bertz CT molecular complexity index is 951. The van der Waals surface area contributed by atoms with Gasteiger partial charge in [-0.05, 0) is 42.8 Å². The molecule has 0 spiro atoms. The highest BCUT2D eigenvalue weighted by Gasteiger charge is 2.47. The van der Waals surface area contributed by atoms with E-state index in [2.05, 4.69) is 0 Å². The molecule has 1 unspecified atom stereocenters. The fourth-order valence-electron chi connectivity index (χ4n) is 3.43. The summed E-state index contributed by atoms with van der Waals surface area (Å²) in [5, 5.41) is 0. The van der Waals surface area contributed by atoms with Gasteiger partial charge in [0, 0.05) is 12.1 Å². The maximum Gasteiger partial charge on any atom is 0.306 e. The SMILES string of the molecule is CCCCS(=O)(=O)[N+]1(c2ccc(Oc3ccccc3)cc2)CC=CC=C1CN. The van der Waals surface area contributed by atoms with Gasteiger partial charge in [-0.2, -0.15) is 12.3 Å². The van der Waals surface area contributed by atoms with Crippen LogP contribution < -0.4 is 14.4 Å². The summed E-state index contributed by atoms with van der Waals surface area (Å²) >= 11 is 0. The first-order chi connectivity index (χ1) is 13.5. The second-order valence-electron chi connectivity index (χ2n) is 6.76. The third-order valence-electron chi connectivity index (χ3n) is 4.92. The molecular weight excluding hydrogens is 372 g/mol. The van der Waals surface area contributed by atoms with E-state index < -0.39 is 10.0 Å². The van der Waals surface area contributed by atoms with Gasteiger partial charge < -0.3 is 10.5 Å². The maximum absolute atomic E-state index is 13.4. The zero-order chi connectivity index (χ0) is 20.0. The van der Waals surface area contributed by atoms with E-state index in [0.717, 1.165) is 12.2 Å². The van der Waals surface area contributed by atoms with Gasteiger partial charge in [-0.25, -0.2) is 0 Å². The molecule has 6 heteroatoms. The van der Waals surface area contributed by atoms with E-state index in [4.69, 9.17) is 10.5 Å². The van der Waals surface area contributed by atoms with Crippen LogP contribution in [0.25, 0.3) is 0 Å². The Labute approximate surface area is 167 Å². The third kappa shape index (κ3) is 3.90. The highest BCUT2D eigenvalue weighted by Crippen LogP contribution is 2.37. The summed E-state index contributed by atoms with van der Waals surface area (Å²) < 4.78 is 32.4. The monoisotopic (exact) mass is 399 g/mol. The van der Waals surface area contributed by atoms with Gasteiger partial charge in [-0.15, -0.1) is 0 Å². The van der Waals surface area contributed by atoms with Crippen molar-refractivity contribution in [1.29, 1.82) is 0 Å². The molecule has 1 atom stereocenters. The number of para-hydroxylation sites is 1. The van der Waals surface area contributed by atoms with E-state index >= 15 is 0 Å². The first-order valence-electron chi connectivity index (χ1n) is 9.54. The molecule has 148 valence electrons. The van der Waals surface area contributed by atoms with E-state index in [9.17, 15) is 8.42 Å². The fraction of sp³-hybridized carbons (Fsp3) is 0.273. The molecule has 3 rings (SSSR count). The second kappa shape index (κ2) is 8.73. The number of ether oxygens (including phenoxy) is 1. The molecular formula is C22H27N2O3S+. The van der Waals surface area contributed by atoms with E-state index in [1.54, 1.807) is 0 Å². The molecule has 0 saturated heterocycles. The van der Waals surface area contributed by atoms with Crippen LogP contribution >= 0.6 is 0 Å². The van der Waals surface area contributed by atoms with Gasteiger partial charge in [0.2, 0.25) is 0 Å². The first-order valence-corrected chi connectivity index (χ1v) is 11.1. The number of nitrogens with two attached hydrogens (primary N) is 1. The normalized spacial score (nSPS) is 19.3. The predicted octanol–water partition coefficient (Wildman–Crippen LogP) is 4.33. The van der Waals surface area contributed by atoms with Crippen molar-refractivity contribution in [2.45, 2.75) is 19.8 Å². The average Bonchev–Trinajstić information content (AvgIpc) is 2.73. The molecule has 28 heavy (non-hydrogen) atoms. The molecule has 1 heterocycles. The van der Waals surface area contributed by atoms with Crippen molar-refractivity contribution in [2.75, 3.05) is 18.8 Å². The van der Waals surface area contributed by atoms with Gasteiger partial charge in [0.25, 0.3) is 0 Å². The largest absolute Gasteiger partial charge is 0.457 e. The van der Waals surface area contributed by atoms with Gasteiger partial charge in [-0.1, -0.05) is 37.6 Å². The van der Waals surface area contributed by atoms with E-state index in [-0.39, 0.29) is 16.2 Å². The zero-order valence-electron chi connectivity index (χ0n) is 16.1. The van der Waals surface area contributed by atoms with Crippen molar-refractivity contribution in [3.8, 4) is 11.5 Å². The highest BCUT2D eigenvalue weighted by molar-refractivity contribution is 7.91. The third-order valence-corrected chi connectivity index (χ3v) is 7.27. The van der Waals surface area contributed by atoms with Crippen molar-refractivity contribution in [3.63, 3.8) is 0 Å². The summed E-state index contributed by atoms with van der Waals surface area (Å²) in [5.74, 6) is 1.51. The van der Waals surface area contributed by atoms with E-state index in [1.165, 1.54) is 0 Å². The Morgan fingerprint density at radius 3 is 2.36 bits per heavy atom. The molecule has 2 aromatic carbocycles. The number of quaternary nitrogens is 1. The zero-order valence-corrected chi connectivity index (χ0v) is 16.9. The molecule has 0 bridgehead atoms. The molecule has 0 aliphatic carbocycles. The lowest BCUT2D eigenvalue weighted by atomic mass is 10.2. The Hall–Kier alpha value is -2.41. The molecule has 2 N–H and O–H groups in total. The summed E-state index contributed by atoms with van der Waals surface area (Å²) in [6, 6.07) is 16.8. The number of sulfonamides is 1. The highest BCUT2D eigenvalue weighted by atomic mass is 32.2. The lowest BCUT2D eigenvalue weighted by Crippen LogP contribution is -2.56. The van der Waals surface area contributed by atoms with Gasteiger partial charge in [-0.3, -0.25) is 0 Å². The summed E-state index contributed by atoms with van der Waals surface area (Å²) in [6.45, 7) is 2.51. The maximum atomic E-state index is 13.4. The number of benzene rings is 2. The van der Waals surface area contributed by atoms with Gasteiger partial charge in [0.15, 0.2) is 5.69 Å². The average molecular weight is 400 g/mol. The smallest absolute Gasteiger partial charge is 0.306 e. The molecule has 1 aliphatic heterocycles. The topological polar surface area (TPSA) is 69.4 Å². The predicted molar refractivity (Wildman–Crippen MR) is 115 cm³/mol. The summed E-state index contributed by atoms with van der Waals surface area (Å²) in [7, 11) is -3.50. The first kappa shape index (κ1) is 20.3. The molecule has 1 aliphatic rings. The molecule has 0 aromatic heterocycles. The van der Waals surface area contributed by atoms with Crippen molar-refractivity contribution in [2.24, 2.45) is 5.73 Å². The van der Waals surface area contributed by atoms with E-state index in [0.29, 0.717) is 30.1 Å². The number of unbranched alkanes of at least 4 members (excludes halogenated alkanes) is 1. The summed E-state index contributed by atoms with van der Waals surface area (Å²) in [6.07, 6.45) is 7.03. The Morgan fingerprint density at radius 1 is 1.04 bits per heavy atom. The van der Waals surface area contributed by atoms with Crippen LogP contribution in [0.3, 0.4) is 0 Å². The van der Waals surface area contributed by atoms with Crippen LogP contribution in [-0.4, -0.2) is 27.3 Å². The molecule has 0 saturated carbocycles. The van der Waals surface area contributed by atoms with Crippen LogP contribution in [0.15, 0.2) is 78.5 Å². The van der Waals surface area contributed by atoms with Gasteiger partial charge in [0.1, 0.15) is 29.5 Å². The minimum atomic E-state index is -3.50. The van der Waals surface area contributed by atoms with Crippen molar-refractivity contribution >= 4 is 15.7 Å². The standard InChI is InChI=1S/C22H27N2O3S/c1-2-3-17-28(25,26)24(16-8-7-9-20(24)18-23)19-12-14-22(15-13-19)27-21-10-5-4-6-11-21/h4-15H,2-3,16-18,23H2,1H3/q+1. The van der Waals surface area contributed by atoms with Crippen LogP contribution in [0.1, 0.15) is 19.8 Å². The minimum absolute atomic E-state index is 0.122. The Morgan fingerprint density at radius 2 is 1.71 bits per heavy atom. The quantitative estimate of drug-likeness (QED) is 0.671. The Balaban J connectivity index is 1.99. The van der Waals surface area contributed by atoms with Crippen LogP contribution in [-0.2, 0) is 10.0 Å². The molecule has 0 amide bonds. The fourth-order valence-corrected chi connectivity index (χ4v) is 5.64. The molecule has 0 fully saturated rings. The summed E-state index contributed by atoms with van der Waals surface area (Å²) in [5.41, 5.74) is 7.32. The number of nitrogens with zero attached hydrogens (tertiary/aromatic N) is 1. The minimum Gasteiger partial charge on any atom is -0.457 e. The molecule has 2 aromatic rings. The van der Waals surface area contributed by atoms with Crippen LogP contribution in [0.2, 0.25) is 0 Å². The number of hydrogen-bond donors (Lipinski definition) is 1. The second-order valence-corrected chi connectivity index (χ2v) is 8.96. The van der Waals surface area contributed by atoms with Crippen molar-refractivity contribution in [1.82, 2.24) is 3.89 Å². The number of hydrogen-bond acceptors (Lipinski definition) is 4. The number of allylic oxidation sites excluding steroid dienone is 2. The lowest BCUT2D eigenvalue weighted by Gasteiger charge is -2.38. The Kier molecular flexibility index (Phi) is 6.34. The number of rotatable bonds is 8. The lowest BCUT2D eigenvalue weighted by molar-refractivity contribution is 0.475. The van der Waals surface area contributed by atoms with Crippen LogP contribution in [0.4, 0.5) is 5.69 Å². The summed E-state index contributed by atoms with van der Waals surface area (Å²) in [4.78, 5) is 0. The van der Waals surface area contributed by atoms with Crippen LogP contribution in [0, 0.1) is 0 Å². The van der Waals surface area contributed by atoms with Crippen molar-refractivity contribution < 1.29 is 13.2 Å². The van der Waals surface area contributed by atoms with Gasteiger partial charge >= 0.3 is 10.0 Å². The van der Waals surface area contributed by atoms with Gasteiger partial charge in [0.05, 0.1) is 6.54 Å². The molecule has 5 nitrogen and oxygen atoms in total. The van der Waals surface area contributed by atoms with E-state index in [1.807, 2.05) is 79.7 Å².